The van der Waals surface area contributed by atoms with Crippen molar-refractivity contribution < 1.29 is 28.9 Å². The van der Waals surface area contributed by atoms with E-state index in [1.54, 1.807) is 39.1 Å². The van der Waals surface area contributed by atoms with Gasteiger partial charge in [0.1, 0.15) is 11.6 Å². The van der Waals surface area contributed by atoms with Crippen LogP contribution in [0.15, 0.2) is 48.6 Å². The van der Waals surface area contributed by atoms with Gasteiger partial charge < -0.3 is 15.3 Å². The molecule has 184 valence electrons. The number of aliphatic hydroxyl groups is 2. The lowest BCUT2D eigenvalue weighted by molar-refractivity contribution is -0.139. The van der Waals surface area contributed by atoms with Gasteiger partial charge in [-0.15, -0.1) is 5.10 Å². The average molecular weight is 485 g/mol. The van der Waals surface area contributed by atoms with Crippen LogP contribution in [0, 0.1) is 25.5 Å². The maximum Gasteiger partial charge on any atom is 0.305 e. The first-order valence-electron chi connectivity index (χ1n) is 10.8. The molecular formula is C25H26F2N4O4. The second-order valence-corrected chi connectivity index (χ2v) is 8.25. The van der Waals surface area contributed by atoms with Gasteiger partial charge in [0.05, 0.1) is 18.6 Å². The summed E-state index contributed by atoms with van der Waals surface area (Å²) in [5.41, 5.74) is 3.54. The van der Waals surface area contributed by atoms with E-state index < -0.39 is 36.2 Å². The van der Waals surface area contributed by atoms with E-state index in [0.717, 1.165) is 0 Å². The Morgan fingerprint density at radius 1 is 1.06 bits per heavy atom. The van der Waals surface area contributed by atoms with E-state index in [1.165, 1.54) is 35.0 Å². The van der Waals surface area contributed by atoms with E-state index in [2.05, 4.69) is 15.5 Å². The first-order valence-corrected chi connectivity index (χ1v) is 10.8. The highest BCUT2D eigenvalue weighted by Crippen LogP contribution is 2.36. The molecule has 0 fully saturated rings. The highest BCUT2D eigenvalue weighted by molar-refractivity contribution is 6.02. The van der Waals surface area contributed by atoms with E-state index in [1.807, 2.05) is 0 Å². The van der Waals surface area contributed by atoms with Crippen LogP contribution in [0.4, 0.5) is 8.78 Å². The van der Waals surface area contributed by atoms with E-state index in [-0.39, 0.29) is 6.42 Å². The molecule has 35 heavy (non-hydrogen) atoms. The number of allylic oxidation sites excluding steroid dienone is 2. The highest BCUT2D eigenvalue weighted by Gasteiger charge is 2.21. The Labute approximate surface area is 200 Å². The maximum absolute atomic E-state index is 13.9. The Balaban J connectivity index is 2.24. The third-order valence-corrected chi connectivity index (χ3v) is 5.45. The summed E-state index contributed by atoms with van der Waals surface area (Å²) >= 11 is 0. The van der Waals surface area contributed by atoms with E-state index >= 15 is 0 Å². The summed E-state index contributed by atoms with van der Waals surface area (Å²) < 4.78 is 29.3. The molecule has 0 bridgehead atoms. The number of aromatic nitrogens is 4. The highest BCUT2D eigenvalue weighted by atomic mass is 19.1. The zero-order chi connectivity index (χ0) is 25.7. The molecule has 8 nitrogen and oxygen atoms in total. The van der Waals surface area contributed by atoms with Crippen molar-refractivity contribution in [3.05, 3.63) is 88.3 Å². The summed E-state index contributed by atoms with van der Waals surface area (Å²) in [6.45, 7) is 3.48. The molecular weight excluding hydrogens is 458 g/mol. The number of rotatable bonds is 9. The quantitative estimate of drug-likeness (QED) is 0.399. The molecule has 0 spiro atoms. The van der Waals surface area contributed by atoms with E-state index in [9.17, 15) is 23.8 Å². The van der Waals surface area contributed by atoms with Crippen molar-refractivity contribution in [2.75, 3.05) is 0 Å². The van der Waals surface area contributed by atoms with Crippen LogP contribution in [0.3, 0.4) is 0 Å². The minimum absolute atomic E-state index is 0.201. The number of nitrogens with zero attached hydrogens (tertiary/aromatic N) is 4. The van der Waals surface area contributed by atoms with Crippen LogP contribution < -0.4 is 0 Å². The van der Waals surface area contributed by atoms with Crippen LogP contribution in [0.25, 0.3) is 11.1 Å². The summed E-state index contributed by atoms with van der Waals surface area (Å²) in [5.74, 6) is -1.69. The zero-order valence-electron chi connectivity index (χ0n) is 19.5. The lowest BCUT2D eigenvalue weighted by Crippen LogP contribution is -2.19. The summed E-state index contributed by atoms with van der Waals surface area (Å²) in [6, 6.07) is 8.59. The van der Waals surface area contributed by atoms with Gasteiger partial charge in [-0.25, -0.2) is 13.5 Å². The Bertz CT molecular complexity index is 1230. The number of carboxylic acid groups (broad SMARTS) is 1. The number of benzene rings is 2. The molecule has 3 aromatic rings. The lowest BCUT2D eigenvalue weighted by atomic mass is 9.87. The van der Waals surface area contributed by atoms with Crippen molar-refractivity contribution in [3.63, 3.8) is 0 Å². The molecule has 1 aromatic heterocycles. The monoisotopic (exact) mass is 484 g/mol. The fraction of sp³-hybridized carbons (Fsp3) is 0.280. The van der Waals surface area contributed by atoms with Crippen LogP contribution >= 0.6 is 0 Å². The first kappa shape index (κ1) is 25.9. The predicted octanol–water partition coefficient (Wildman–Crippen LogP) is 3.21. The van der Waals surface area contributed by atoms with Crippen LogP contribution in [-0.4, -0.2) is 53.7 Å². The van der Waals surface area contributed by atoms with Crippen molar-refractivity contribution >= 4 is 17.1 Å². The van der Waals surface area contributed by atoms with Gasteiger partial charge in [0.2, 0.25) is 0 Å². The van der Waals surface area contributed by atoms with Gasteiger partial charge >= 0.3 is 5.97 Å². The van der Waals surface area contributed by atoms with E-state index in [0.29, 0.717) is 39.2 Å². The number of aliphatic hydroxyl groups excluding tert-OH is 2. The SMILES string of the molecule is Cc1cc(F)ccc1C(=C(/C=C/[C@@H](O)C[C@@H](O)CC(=O)O)c1nnnn1C)c1ccc(F)cc1C. The fourth-order valence-corrected chi connectivity index (χ4v) is 3.83. The molecule has 0 saturated heterocycles. The van der Waals surface area contributed by atoms with Gasteiger partial charge in [-0.2, -0.15) is 0 Å². The minimum atomic E-state index is -1.24. The largest absolute Gasteiger partial charge is 0.481 e. The number of aliphatic carboxylic acids is 1. The molecule has 3 N–H and O–H groups in total. The molecule has 3 rings (SSSR count). The molecule has 1 heterocycles. The third kappa shape index (κ3) is 6.43. The van der Waals surface area contributed by atoms with Crippen LogP contribution in [0.5, 0.6) is 0 Å². The first-order chi connectivity index (χ1) is 16.6. The van der Waals surface area contributed by atoms with Crippen LogP contribution in [0.2, 0.25) is 0 Å². The molecule has 0 radical (unpaired) electrons. The van der Waals surface area contributed by atoms with Crippen molar-refractivity contribution in [2.24, 2.45) is 7.05 Å². The van der Waals surface area contributed by atoms with Crippen molar-refractivity contribution in [1.29, 1.82) is 0 Å². The predicted molar refractivity (Wildman–Crippen MR) is 125 cm³/mol. The average Bonchev–Trinajstić information content (AvgIpc) is 3.17. The van der Waals surface area contributed by atoms with E-state index in [4.69, 9.17) is 5.11 Å². The van der Waals surface area contributed by atoms with Gasteiger partial charge in [-0.1, -0.05) is 24.3 Å². The lowest BCUT2D eigenvalue weighted by Gasteiger charge is -2.18. The second kappa shape index (κ2) is 11.1. The number of carboxylic acids is 1. The molecule has 2 atom stereocenters. The summed E-state index contributed by atoms with van der Waals surface area (Å²) in [7, 11) is 1.63. The van der Waals surface area contributed by atoms with Crippen LogP contribution in [0.1, 0.15) is 40.9 Å². The van der Waals surface area contributed by atoms with Gasteiger partial charge in [0, 0.05) is 24.6 Å². The fourth-order valence-electron chi connectivity index (χ4n) is 3.83. The van der Waals surface area contributed by atoms with Crippen molar-refractivity contribution in [1.82, 2.24) is 20.2 Å². The molecule has 0 saturated carbocycles. The number of halogens is 2. The molecule has 2 aromatic carbocycles. The van der Waals surface area contributed by atoms with Crippen molar-refractivity contribution in [2.45, 2.75) is 38.9 Å². The second-order valence-electron chi connectivity index (χ2n) is 8.25. The number of hydrogen-bond donors (Lipinski definition) is 3. The maximum atomic E-state index is 13.9. The third-order valence-electron chi connectivity index (χ3n) is 5.45. The Hall–Kier alpha value is -3.76. The van der Waals surface area contributed by atoms with Gasteiger partial charge in [0.25, 0.3) is 0 Å². The summed E-state index contributed by atoms with van der Waals surface area (Å²) in [6.07, 6.45) is -0.166. The van der Waals surface area contributed by atoms with Gasteiger partial charge in [-0.05, 0) is 70.8 Å². The minimum Gasteiger partial charge on any atom is -0.481 e. The molecule has 0 aliphatic heterocycles. The number of tetrazole rings is 1. The number of hydrogen-bond acceptors (Lipinski definition) is 6. The topological polar surface area (TPSA) is 121 Å². The molecule has 0 aliphatic rings. The Kier molecular flexibility index (Phi) is 8.21. The number of carbonyl (C=O) groups is 1. The Morgan fingerprint density at radius 2 is 1.63 bits per heavy atom. The normalized spacial score (nSPS) is 13.1. The van der Waals surface area contributed by atoms with Gasteiger partial charge in [-0.3, -0.25) is 4.79 Å². The smallest absolute Gasteiger partial charge is 0.305 e. The summed E-state index contributed by atoms with van der Waals surface area (Å²) in [4.78, 5) is 10.8. The molecule has 0 aliphatic carbocycles. The number of aryl methyl sites for hydroxylation is 3. The summed E-state index contributed by atoms with van der Waals surface area (Å²) in [5, 5.41) is 40.8. The van der Waals surface area contributed by atoms with Crippen molar-refractivity contribution in [3.8, 4) is 0 Å². The van der Waals surface area contributed by atoms with Gasteiger partial charge in [0.15, 0.2) is 5.82 Å². The standard InChI is InChI=1S/C25H26F2N4O4/c1-14-10-16(26)4-7-20(14)24(21-8-5-17(27)11-15(21)2)22(25-28-29-30-31(25)3)9-6-18(32)12-19(33)13-23(34)35/h4-11,18-19,32-33H,12-13H2,1-3H3,(H,34,35)/b9-6+/t18-,19-/m1/s1. The molecule has 0 unspecified atom stereocenters. The molecule has 0 amide bonds. The Morgan fingerprint density at radius 3 is 2.09 bits per heavy atom. The molecule has 10 heteroatoms. The van der Waals surface area contributed by atoms with Crippen LogP contribution in [-0.2, 0) is 11.8 Å². The zero-order valence-corrected chi connectivity index (χ0v) is 19.5.